The number of carbonyl (C=O) groups is 3. The highest BCUT2D eigenvalue weighted by Crippen LogP contribution is 2.29. The van der Waals surface area contributed by atoms with E-state index in [4.69, 9.17) is 21.5 Å². The van der Waals surface area contributed by atoms with Gasteiger partial charge in [0.15, 0.2) is 0 Å². The Morgan fingerprint density at radius 1 is 1.18 bits per heavy atom. The fraction of sp³-hybridized carbons (Fsp3) is 0.593. The maximum absolute atomic E-state index is 13.4. The second-order valence-electron chi connectivity index (χ2n) is 10.4. The summed E-state index contributed by atoms with van der Waals surface area (Å²) >= 11 is 5.89. The maximum Gasteiger partial charge on any atom is 0.273 e. The topological polar surface area (TPSA) is 140 Å². The van der Waals surface area contributed by atoms with Crippen LogP contribution in [0, 0.1) is 23.2 Å². The van der Waals surface area contributed by atoms with Crippen molar-refractivity contribution in [3.8, 4) is 11.8 Å². The zero-order chi connectivity index (χ0) is 28.2. The van der Waals surface area contributed by atoms with Gasteiger partial charge in [0.1, 0.15) is 17.9 Å². The van der Waals surface area contributed by atoms with Gasteiger partial charge in [0.2, 0.25) is 5.91 Å². The number of rotatable bonds is 12. The molecule has 0 unspecified atom stereocenters. The average Bonchev–Trinajstić information content (AvgIpc) is 2.90. The Balaban J connectivity index is 2.12. The van der Waals surface area contributed by atoms with E-state index in [9.17, 15) is 19.5 Å². The molecule has 0 radical (unpaired) electrons. The zero-order valence-corrected chi connectivity index (χ0v) is 23.0. The summed E-state index contributed by atoms with van der Waals surface area (Å²) in [7, 11) is 0. The summed E-state index contributed by atoms with van der Waals surface area (Å²) in [6, 6.07) is 6.73. The molecule has 1 saturated heterocycles. The van der Waals surface area contributed by atoms with E-state index >= 15 is 0 Å². The molecule has 2 amide bonds. The van der Waals surface area contributed by atoms with Crippen LogP contribution in [0.5, 0.6) is 0 Å². The van der Waals surface area contributed by atoms with Crippen LogP contribution in [0.3, 0.4) is 0 Å². The Kier molecular flexibility index (Phi) is 12.7. The Bertz CT molecular complexity index is 982. The molecule has 38 heavy (non-hydrogen) atoms. The van der Waals surface area contributed by atoms with E-state index < -0.39 is 34.8 Å². The van der Waals surface area contributed by atoms with E-state index in [1.165, 1.54) is 5.48 Å². The highest BCUT2D eigenvalue weighted by atomic mass is 35.5. The van der Waals surface area contributed by atoms with Crippen LogP contribution in [-0.4, -0.2) is 90.9 Å². The number of amides is 2. The number of carbonyl (C=O) groups excluding carboxylic acids is 3. The molecular weight excluding hydrogens is 512 g/mol. The van der Waals surface area contributed by atoms with Crippen LogP contribution in [0.1, 0.15) is 39.2 Å². The molecule has 0 spiro atoms. The number of ether oxygens (including phenoxy) is 1. The molecule has 3 atom stereocenters. The number of hydrogen-bond donors (Lipinski definition) is 5. The molecule has 1 aliphatic rings. The number of aliphatic hydroxyl groups excluding tert-OH is 1. The lowest BCUT2D eigenvalue weighted by Gasteiger charge is -2.42. The van der Waals surface area contributed by atoms with Crippen molar-refractivity contribution in [1.82, 2.24) is 21.0 Å². The highest BCUT2D eigenvalue weighted by Gasteiger charge is 2.45. The van der Waals surface area contributed by atoms with E-state index in [2.05, 4.69) is 27.4 Å². The Labute approximate surface area is 229 Å². The van der Waals surface area contributed by atoms with Gasteiger partial charge in [0.05, 0.1) is 19.1 Å². The molecule has 1 aromatic rings. The van der Waals surface area contributed by atoms with Gasteiger partial charge in [0.25, 0.3) is 5.91 Å². The van der Waals surface area contributed by atoms with Crippen LogP contribution in [0.4, 0.5) is 0 Å². The lowest BCUT2D eigenvalue weighted by Crippen LogP contribution is -2.65. The SMILES string of the molecule is CC(C)(C)[C@](C=O)(CNCCCN1CCOCC1)NC(=O)[C@H](CC#Cc1ccc(Cl)cc1)[C@H](O)C(=O)NO. The molecular formula is C27H39ClN4O6. The molecule has 10 nitrogen and oxygen atoms in total. The lowest BCUT2D eigenvalue weighted by atomic mass is 9.73. The van der Waals surface area contributed by atoms with Gasteiger partial charge in [-0.1, -0.05) is 44.2 Å². The summed E-state index contributed by atoms with van der Waals surface area (Å²) in [4.78, 5) is 40.1. The van der Waals surface area contributed by atoms with Crippen LogP contribution in [0.15, 0.2) is 24.3 Å². The molecule has 0 saturated carbocycles. The van der Waals surface area contributed by atoms with Gasteiger partial charge in [-0.25, -0.2) is 5.48 Å². The molecule has 1 heterocycles. The molecule has 1 aromatic carbocycles. The van der Waals surface area contributed by atoms with Gasteiger partial charge in [-0.2, -0.15) is 0 Å². The summed E-state index contributed by atoms with van der Waals surface area (Å²) in [6.45, 7) is 10.4. The van der Waals surface area contributed by atoms with Crippen LogP contribution < -0.4 is 16.1 Å². The van der Waals surface area contributed by atoms with Crippen molar-refractivity contribution in [3.63, 3.8) is 0 Å². The molecule has 0 aromatic heterocycles. The van der Waals surface area contributed by atoms with Crippen molar-refractivity contribution in [2.45, 2.75) is 45.3 Å². The predicted octanol–water partition coefficient (Wildman–Crippen LogP) is 0.976. The van der Waals surface area contributed by atoms with Gasteiger partial charge < -0.3 is 25.3 Å². The Morgan fingerprint density at radius 2 is 1.84 bits per heavy atom. The summed E-state index contributed by atoms with van der Waals surface area (Å²) in [5, 5.41) is 26.1. The number of benzene rings is 1. The van der Waals surface area contributed by atoms with Crippen LogP contribution in [-0.2, 0) is 19.1 Å². The minimum absolute atomic E-state index is 0.153. The van der Waals surface area contributed by atoms with Gasteiger partial charge in [-0.05, 0) is 49.2 Å². The normalized spacial score (nSPS) is 17.3. The van der Waals surface area contributed by atoms with E-state index in [1.54, 1.807) is 24.3 Å². The first-order valence-electron chi connectivity index (χ1n) is 12.7. The Hall–Kier alpha value is -2.52. The highest BCUT2D eigenvalue weighted by molar-refractivity contribution is 6.30. The van der Waals surface area contributed by atoms with Crippen LogP contribution in [0.25, 0.3) is 0 Å². The number of halogens is 1. The molecule has 2 rings (SSSR count). The largest absolute Gasteiger partial charge is 0.382 e. The number of nitrogens with zero attached hydrogens (tertiary/aromatic N) is 1. The second kappa shape index (κ2) is 15.2. The first kappa shape index (κ1) is 31.7. The first-order chi connectivity index (χ1) is 18.0. The van der Waals surface area contributed by atoms with Crippen molar-refractivity contribution < 1.29 is 29.4 Å². The van der Waals surface area contributed by atoms with Gasteiger partial charge >= 0.3 is 0 Å². The fourth-order valence-electron chi connectivity index (χ4n) is 3.99. The monoisotopic (exact) mass is 550 g/mol. The minimum atomic E-state index is -1.88. The predicted molar refractivity (Wildman–Crippen MR) is 144 cm³/mol. The molecule has 0 bridgehead atoms. The molecule has 11 heteroatoms. The summed E-state index contributed by atoms with van der Waals surface area (Å²) in [6.07, 6.45) is -0.541. The molecule has 210 valence electrons. The quantitative estimate of drug-likeness (QED) is 0.0853. The lowest BCUT2D eigenvalue weighted by molar-refractivity contribution is -0.147. The minimum Gasteiger partial charge on any atom is -0.382 e. The number of morpholine rings is 1. The van der Waals surface area contributed by atoms with E-state index in [0.29, 0.717) is 23.4 Å². The van der Waals surface area contributed by atoms with Crippen LogP contribution in [0.2, 0.25) is 5.02 Å². The number of aldehydes is 1. The third kappa shape index (κ3) is 9.34. The van der Waals surface area contributed by atoms with Crippen molar-refractivity contribution in [1.29, 1.82) is 0 Å². The number of hydroxylamine groups is 1. The molecule has 5 N–H and O–H groups in total. The van der Waals surface area contributed by atoms with Gasteiger partial charge in [-0.3, -0.25) is 19.7 Å². The van der Waals surface area contributed by atoms with Crippen molar-refractivity contribution in [2.75, 3.05) is 45.9 Å². The number of hydrogen-bond acceptors (Lipinski definition) is 8. The molecule has 1 fully saturated rings. The molecule has 1 aliphatic heterocycles. The van der Waals surface area contributed by atoms with E-state index in [1.807, 2.05) is 20.8 Å². The van der Waals surface area contributed by atoms with Crippen molar-refractivity contribution in [2.24, 2.45) is 11.3 Å². The van der Waals surface area contributed by atoms with Gasteiger partial charge in [-0.15, -0.1) is 0 Å². The number of nitrogens with one attached hydrogen (secondary N) is 3. The van der Waals surface area contributed by atoms with Crippen molar-refractivity contribution >= 4 is 29.7 Å². The van der Waals surface area contributed by atoms with E-state index in [0.717, 1.165) is 39.3 Å². The average molecular weight is 551 g/mol. The van der Waals surface area contributed by atoms with Gasteiger partial charge in [0, 0.05) is 36.6 Å². The van der Waals surface area contributed by atoms with E-state index in [-0.39, 0.29) is 13.0 Å². The van der Waals surface area contributed by atoms with Crippen molar-refractivity contribution in [3.05, 3.63) is 34.9 Å². The standard InChI is InChI=1S/C27H39ClN4O6/c1-26(2,3)27(19-33,18-29-12-5-13-32-14-16-38-17-15-32)30-24(35)22(23(34)25(36)31-37)7-4-6-20-8-10-21(28)11-9-20/h8-11,19,22-23,29,34,37H,5,7,12-18H2,1-3H3,(H,30,35)(H,31,36)/t22-,23+,27-/m1/s1. The van der Waals surface area contributed by atoms with Crippen LogP contribution >= 0.6 is 11.6 Å². The Morgan fingerprint density at radius 3 is 2.42 bits per heavy atom. The zero-order valence-electron chi connectivity index (χ0n) is 22.3. The number of aliphatic hydroxyl groups is 1. The third-order valence-electron chi connectivity index (χ3n) is 6.72. The summed E-state index contributed by atoms with van der Waals surface area (Å²) in [5.41, 5.74) is -0.0324. The molecule has 0 aliphatic carbocycles. The second-order valence-corrected chi connectivity index (χ2v) is 10.8. The fourth-order valence-corrected chi connectivity index (χ4v) is 4.11. The summed E-state index contributed by atoms with van der Waals surface area (Å²) < 4.78 is 5.36. The third-order valence-corrected chi connectivity index (χ3v) is 6.97. The summed E-state index contributed by atoms with van der Waals surface area (Å²) in [5.74, 6) is 2.44. The maximum atomic E-state index is 13.4. The first-order valence-corrected chi connectivity index (χ1v) is 13.1. The smallest absolute Gasteiger partial charge is 0.273 e.